The van der Waals surface area contributed by atoms with E-state index in [0.717, 1.165) is 50.1 Å². The highest BCUT2D eigenvalue weighted by Gasteiger charge is 2.21. The van der Waals surface area contributed by atoms with Gasteiger partial charge in [0.2, 0.25) is 6.79 Å². The molecule has 0 unspecified atom stereocenters. The van der Waals surface area contributed by atoms with Gasteiger partial charge in [0.15, 0.2) is 17.5 Å². The molecule has 144 valence electrons. The van der Waals surface area contributed by atoms with Crippen LogP contribution in [0, 0.1) is 0 Å². The molecule has 0 bridgehead atoms. The standard InChI is InChI=1S/C20H32N4O2/c1-4-21-20(23-17-8-11-24(12-9-17)15(2)3)22-10-7-16-5-6-18-19(13-16)26-14-25-18/h5-6,13,15,17H,4,7-12,14H2,1-3H3,(H2,21,22,23). The number of nitrogens with zero attached hydrogens (tertiary/aromatic N) is 2. The molecule has 2 aliphatic rings. The van der Waals surface area contributed by atoms with Crippen molar-refractivity contribution in [2.45, 2.75) is 52.1 Å². The maximum atomic E-state index is 5.44. The lowest BCUT2D eigenvalue weighted by Gasteiger charge is -2.35. The van der Waals surface area contributed by atoms with E-state index in [2.05, 4.69) is 48.4 Å². The van der Waals surface area contributed by atoms with Crippen LogP contribution in [-0.2, 0) is 6.42 Å². The average Bonchev–Trinajstić information content (AvgIpc) is 3.10. The molecule has 0 atom stereocenters. The minimum atomic E-state index is 0.320. The van der Waals surface area contributed by atoms with Gasteiger partial charge in [-0.1, -0.05) is 6.07 Å². The van der Waals surface area contributed by atoms with Crippen LogP contribution >= 0.6 is 0 Å². The first-order valence-electron chi connectivity index (χ1n) is 9.83. The van der Waals surface area contributed by atoms with E-state index in [0.29, 0.717) is 18.9 Å². The molecule has 1 aromatic rings. The molecule has 0 amide bonds. The Morgan fingerprint density at radius 1 is 1.23 bits per heavy atom. The van der Waals surface area contributed by atoms with Crippen molar-refractivity contribution in [2.75, 3.05) is 33.0 Å². The molecule has 2 heterocycles. The Labute approximate surface area is 157 Å². The highest BCUT2D eigenvalue weighted by Crippen LogP contribution is 2.32. The summed E-state index contributed by atoms with van der Waals surface area (Å²) in [7, 11) is 0. The van der Waals surface area contributed by atoms with Crippen LogP contribution in [0.1, 0.15) is 39.2 Å². The molecule has 6 nitrogen and oxygen atoms in total. The Hall–Kier alpha value is -1.95. The summed E-state index contributed by atoms with van der Waals surface area (Å²) in [5.41, 5.74) is 1.22. The van der Waals surface area contributed by atoms with E-state index in [1.54, 1.807) is 0 Å². The topological polar surface area (TPSA) is 58.1 Å². The highest BCUT2D eigenvalue weighted by molar-refractivity contribution is 5.80. The molecular weight excluding hydrogens is 328 g/mol. The number of rotatable bonds is 6. The fraction of sp³-hybridized carbons (Fsp3) is 0.650. The molecule has 0 aliphatic carbocycles. The number of hydrogen-bond acceptors (Lipinski definition) is 4. The second kappa shape index (κ2) is 9.12. The van der Waals surface area contributed by atoms with Crippen LogP contribution < -0.4 is 20.1 Å². The maximum Gasteiger partial charge on any atom is 0.231 e. The number of piperidine rings is 1. The van der Waals surface area contributed by atoms with Gasteiger partial charge < -0.3 is 25.0 Å². The summed E-state index contributed by atoms with van der Waals surface area (Å²) in [6.07, 6.45) is 3.23. The van der Waals surface area contributed by atoms with Crippen LogP contribution in [0.15, 0.2) is 23.2 Å². The largest absolute Gasteiger partial charge is 0.454 e. The van der Waals surface area contributed by atoms with E-state index < -0.39 is 0 Å². The minimum Gasteiger partial charge on any atom is -0.454 e. The van der Waals surface area contributed by atoms with Gasteiger partial charge in [0.1, 0.15) is 0 Å². The zero-order chi connectivity index (χ0) is 18.4. The summed E-state index contributed by atoms with van der Waals surface area (Å²) >= 11 is 0. The van der Waals surface area contributed by atoms with Gasteiger partial charge in [-0.15, -0.1) is 0 Å². The Morgan fingerprint density at radius 3 is 2.73 bits per heavy atom. The summed E-state index contributed by atoms with van der Waals surface area (Å²) in [6, 6.07) is 7.27. The van der Waals surface area contributed by atoms with Gasteiger partial charge in [0, 0.05) is 38.3 Å². The third-order valence-corrected chi connectivity index (χ3v) is 5.05. The second-order valence-electron chi connectivity index (χ2n) is 7.25. The maximum absolute atomic E-state index is 5.44. The molecular formula is C20H32N4O2. The van der Waals surface area contributed by atoms with Gasteiger partial charge in [0.05, 0.1) is 0 Å². The summed E-state index contributed by atoms with van der Waals surface area (Å²) in [5, 5.41) is 6.98. The zero-order valence-electron chi connectivity index (χ0n) is 16.3. The van der Waals surface area contributed by atoms with Crippen molar-refractivity contribution < 1.29 is 9.47 Å². The molecule has 1 saturated heterocycles. The van der Waals surface area contributed by atoms with E-state index in [-0.39, 0.29) is 0 Å². The number of hydrogen-bond donors (Lipinski definition) is 2. The zero-order valence-corrected chi connectivity index (χ0v) is 16.3. The summed E-state index contributed by atoms with van der Waals surface area (Å²) in [4.78, 5) is 7.30. The first kappa shape index (κ1) is 18.8. The van der Waals surface area contributed by atoms with Crippen molar-refractivity contribution >= 4 is 5.96 Å². The first-order chi connectivity index (χ1) is 12.7. The summed E-state index contributed by atoms with van der Waals surface area (Å²) < 4.78 is 10.8. The average molecular weight is 361 g/mol. The molecule has 0 saturated carbocycles. The van der Waals surface area contributed by atoms with Crippen LogP contribution in [0.3, 0.4) is 0 Å². The lowest BCUT2D eigenvalue weighted by atomic mass is 10.0. The normalized spacial score (nSPS) is 18.4. The number of likely N-dealkylation sites (tertiary alicyclic amines) is 1. The predicted molar refractivity (Wildman–Crippen MR) is 105 cm³/mol. The fourth-order valence-electron chi connectivity index (χ4n) is 3.47. The molecule has 0 radical (unpaired) electrons. The number of guanidine groups is 1. The number of ether oxygens (including phenoxy) is 2. The Bertz CT molecular complexity index is 610. The second-order valence-corrected chi connectivity index (χ2v) is 7.25. The lowest BCUT2D eigenvalue weighted by molar-refractivity contribution is 0.167. The Balaban J connectivity index is 1.49. The highest BCUT2D eigenvalue weighted by atomic mass is 16.7. The molecule has 2 aliphatic heterocycles. The van der Waals surface area contributed by atoms with Gasteiger partial charge in [-0.05, 0) is 57.7 Å². The minimum absolute atomic E-state index is 0.320. The predicted octanol–water partition coefficient (Wildman–Crippen LogP) is 2.39. The third kappa shape index (κ3) is 5.04. The van der Waals surface area contributed by atoms with Crippen molar-refractivity contribution in [3.8, 4) is 11.5 Å². The van der Waals surface area contributed by atoms with Gasteiger partial charge >= 0.3 is 0 Å². The number of nitrogens with one attached hydrogen (secondary N) is 2. The Kier molecular flexibility index (Phi) is 6.61. The number of aliphatic imine (C=N–C) groups is 1. The van der Waals surface area contributed by atoms with Crippen LogP contribution in [0.25, 0.3) is 0 Å². The van der Waals surface area contributed by atoms with Gasteiger partial charge in [-0.2, -0.15) is 0 Å². The SMILES string of the molecule is CCNC(=NCCc1ccc2c(c1)OCO2)NC1CCN(C(C)C)CC1. The van der Waals surface area contributed by atoms with E-state index in [1.807, 2.05) is 6.07 Å². The molecule has 0 spiro atoms. The van der Waals surface area contributed by atoms with Crippen molar-refractivity contribution in [1.82, 2.24) is 15.5 Å². The van der Waals surface area contributed by atoms with Crippen LogP contribution in [-0.4, -0.2) is 55.9 Å². The molecule has 26 heavy (non-hydrogen) atoms. The van der Waals surface area contributed by atoms with Crippen molar-refractivity contribution in [2.24, 2.45) is 4.99 Å². The van der Waals surface area contributed by atoms with Crippen LogP contribution in [0.5, 0.6) is 11.5 Å². The van der Waals surface area contributed by atoms with Gasteiger partial charge in [-0.3, -0.25) is 4.99 Å². The van der Waals surface area contributed by atoms with Crippen LogP contribution in [0.2, 0.25) is 0 Å². The fourth-order valence-corrected chi connectivity index (χ4v) is 3.47. The number of fused-ring (bicyclic) bond motifs is 1. The lowest BCUT2D eigenvalue weighted by Crippen LogP contribution is -2.49. The van der Waals surface area contributed by atoms with Gasteiger partial charge in [-0.25, -0.2) is 0 Å². The van der Waals surface area contributed by atoms with Crippen LogP contribution in [0.4, 0.5) is 0 Å². The van der Waals surface area contributed by atoms with E-state index in [4.69, 9.17) is 14.5 Å². The van der Waals surface area contributed by atoms with E-state index in [1.165, 1.54) is 18.4 Å². The molecule has 2 N–H and O–H groups in total. The summed E-state index contributed by atoms with van der Waals surface area (Å²) in [6.45, 7) is 10.9. The van der Waals surface area contributed by atoms with Gasteiger partial charge in [0.25, 0.3) is 0 Å². The first-order valence-corrected chi connectivity index (χ1v) is 9.83. The Morgan fingerprint density at radius 2 is 2.00 bits per heavy atom. The molecule has 1 aromatic carbocycles. The monoisotopic (exact) mass is 360 g/mol. The third-order valence-electron chi connectivity index (χ3n) is 5.05. The summed E-state index contributed by atoms with van der Waals surface area (Å²) in [5.74, 6) is 2.60. The molecule has 6 heteroatoms. The van der Waals surface area contributed by atoms with Crippen molar-refractivity contribution in [1.29, 1.82) is 0 Å². The van der Waals surface area contributed by atoms with Crippen molar-refractivity contribution in [3.05, 3.63) is 23.8 Å². The van der Waals surface area contributed by atoms with E-state index in [9.17, 15) is 0 Å². The number of benzene rings is 1. The molecule has 0 aromatic heterocycles. The van der Waals surface area contributed by atoms with E-state index >= 15 is 0 Å². The molecule has 1 fully saturated rings. The smallest absolute Gasteiger partial charge is 0.231 e. The van der Waals surface area contributed by atoms with Crippen molar-refractivity contribution in [3.63, 3.8) is 0 Å². The quantitative estimate of drug-likeness (QED) is 0.603. The molecule has 3 rings (SSSR count).